The minimum atomic E-state index is -4.63. The van der Waals surface area contributed by atoms with Crippen LogP contribution in [0.15, 0.2) is 16.6 Å². The molecule has 0 radical (unpaired) electrons. The minimum Gasteiger partial charge on any atom is -0.481 e. The lowest BCUT2D eigenvalue weighted by Crippen LogP contribution is -2.33. The van der Waals surface area contributed by atoms with E-state index in [9.17, 15) is 27.9 Å². The van der Waals surface area contributed by atoms with Gasteiger partial charge in [-0.25, -0.2) is 9.59 Å². The number of carbonyl (C=O) groups excluding carboxylic acids is 1. The molecule has 0 aromatic heterocycles. The second-order valence-corrected chi connectivity index (χ2v) is 5.05. The third-order valence-electron chi connectivity index (χ3n) is 2.68. The molecular weight excluding hydrogens is 387 g/mol. The highest BCUT2D eigenvalue weighted by atomic mass is 79.9. The maximum Gasteiger partial charge on any atom is 0.422 e. The van der Waals surface area contributed by atoms with E-state index in [1.165, 1.54) is 13.0 Å². The summed E-state index contributed by atoms with van der Waals surface area (Å²) in [6.07, 6.45) is -5.55. The van der Waals surface area contributed by atoms with Crippen LogP contribution in [0.4, 0.5) is 23.7 Å². The Labute approximate surface area is 137 Å². The fraction of sp³-hybridized carbons (Fsp3) is 0.385. The molecule has 1 N–H and O–H groups in total. The molecule has 10 heteroatoms. The summed E-state index contributed by atoms with van der Waals surface area (Å²) in [7, 11) is 1.07. The van der Waals surface area contributed by atoms with Crippen molar-refractivity contribution in [3.63, 3.8) is 0 Å². The molecule has 0 unspecified atom stereocenters. The maximum atomic E-state index is 12.4. The zero-order chi connectivity index (χ0) is 17.8. The third-order valence-corrected chi connectivity index (χ3v) is 3.30. The number of carboxylic acids is 1. The van der Waals surface area contributed by atoms with Crippen LogP contribution in [0.2, 0.25) is 0 Å². The second-order valence-electron chi connectivity index (χ2n) is 4.20. The number of amides is 1. The molecule has 23 heavy (non-hydrogen) atoms. The van der Waals surface area contributed by atoms with Crippen LogP contribution in [0.1, 0.15) is 17.3 Å². The van der Waals surface area contributed by atoms with E-state index in [2.05, 4.69) is 20.7 Å². The maximum absolute atomic E-state index is 12.4. The van der Waals surface area contributed by atoms with Crippen LogP contribution in [0.25, 0.3) is 0 Å². The number of alkyl halides is 3. The number of anilines is 1. The number of carbonyl (C=O) groups is 2. The molecule has 0 atom stereocenters. The summed E-state index contributed by atoms with van der Waals surface area (Å²) in [4.78, 5) is 24.0. The molecule has 0 heterocycles. The molecule has 0 saturated heterocycles. The largest absolute Gasteiger partial charge is 0.481 e. The van der Waals surface area contributed by atoms with E-state index in [0.29, 0.717) is 0 Å². The van der Waals surface area contributed by atoms with Crippen LogP contribution < -0.4 is 9.64 Å². The summed E-state index contributed by atoms with van der Waals surface area (Å²) >= 11 is 3.00. The summed E-state index contributed by atoms with van der Waals surface area (Å²) in [5.41, 5.74) is -0.705. The lowest BCUT2D eigenvalue weighted by Gasteiger charge is -2.25. The van der Waals surface area contributed by atoms with Gasteiger partial charge in [0, 0.05) is 6.54 Å². The number of nitrogens with zero attached hydrogens (tertiary/aromatic N) is 1. The number of hydrogen-bond donors (Lipinski definition) is 1. The van der Waals surface area contributed by atoms with Gasteiger partial charge in [-0.15, -0.1) is 0 Å². The molecule has 0 fully saturated rings. The number of carboxylic acid groups (broad SMARTS) is 1. The second kappa shape index (κ2) is 7.53. The van der Waals surface area contributed by atoms with Crippen LogP contribution in [-0.2, 0) is 4.74 Å². The van der Waals surface area contributed by atoms with Gasteiger partial charge in [0.2, 0.25) is 0 Å². The predicted molar refractivity (Wildman–Crippen MR) is 78.1 cm³/mol. The smallest absolute Gasteiger partial charge is 0.422 e. The third kappa shape index (κ3) is 4.75. The Bertz CT molecular complexity index is 606. The molecule has 1 aromatic rings. The fourth-order valence-corrected chi connectivity index (χ4v) is 2.20. The average molecular weight is 400 g/mol. The van der Waals surface area contributed by atoms with Crippen molar-refractivity contribution in [3.8, 4) is 5.75 Å². The van der Waals surface area contributed by atoms with Gasteiger partial charge < -0.3 is 14.6 Å². The van der Waals surface area contributed by atoms with Crippen molar-refractivity contribution < 1.29 is 37.3 Å². The molecule has 0 saturated carbocycles. The Morgan fingerprint density at radius 3 is 2.39 bits per heavy atom. The van der Waals surface area contributed by atoms with E-state index >= 15 is 0 Å². The molecule has 1 aromatic carbocycles. The molecule has 128 valence electrons. The number of halogens is 4. The van der Waals surface area contributed by atoms with Crippen LogP contribution >= 0.6 is 15.9 Å². The van der Waals surface area contributed by atoms with Crippen molar-refractivity contribution in [1.29, 1.82) is 0 Å². The quantitative estimate of drug-likeness (QED) is 0.816. The average Bonchev–Trinajstić information content (AvgIpc) is 2.45. The molecule has 0 bridgehead atoms. The summed E-state index contributed by atoms with van der Waals surface area (Å²) in [5.74, 6) is -1.83. The predicted octanol–water partition coefficient (Wildman–Crippen LogP) is 3.68. The standard InChI is InChI=1S/C13H13BrF3NO5/c1-3-18(12(21)22-2)9-7(11(19)20)4-5-8(14)10(9)23-6-13(15,16)17/h4-5H,3,6H2,1-2H3,(H,19,20). The first-order chi connectivity index (χ1) is 10.6. The number of rotatable bonds is 5. The number of ether oxygens (including phenoxy) is 2. The Kier molecular flexibility index (Phi) is 6.25. The highest BCUT2D eigenvalue weighted by Crippen LogP contribution is 2.40. The van der Waals surface area contributed by atoms with E-state index in [1.807, 2.05) is 0 Å². The minimum absolute atomic E-state index is 0.0359. The first-order valence-electron chi connectivity index (χ1n) is 6.23. The van der Waals surface area contributed by atoms with Crippen LogP contribution in [0.3, 0.4) is 0 Å². The van der Waals surface area contributed by atoms with Crippen molar-refractivity contribution in [2.45, 2.75) is 13.1 Å². The first-order valence-corrected chi connectivity index (χ1v) is 7.02. The molecule has 1 rings (SSSR count). The van der Waals surface area contributed by atoms with Gasteiger partial charge in [0.25, 0.3) is 0 Å². The lowest BCUT2D eigenvalue weighted by atomic mass is 10.1. The lowest BCUT2D eigenvalue weighted by molar-refractivity contribution is -0.153. The zero-order valence-electron chi connectivity index (χ0n) is 12.1. The molecule has 0 aliphatic heterocycles. The fourth-order valence-electron chi connectivity index (χ4n) is 1.77. The van der Waals surface area contributed by atoms with Crippen LogP contribution in [0, 0.1) is 0 Å². The van der Waals surface area contributed by atoms with Crippen LogP contribution in [0.5, 0.6) is 5.75 Å². The monoisotopic (exact) mass is 399 g/mol. The zero-order valence-corrected chi connectivity index (χ0v) is 13.7. The van der Waals surface area contributed by atoms with E-state index in [4.69, 9.17) is 4.74 Å². The SMILES string of the molecule is CCN(C(=O)OC)c1c(C(=O)O)ccc(Br)c1OCC(F)(F)F. The molecule has 0 aliphatic rings. The van der Waals surface area contributed by atoms with Crippen molar-refractivity contribution in [1.82, 2.24) is 0 Å². The van der Waals surface area contributed by atoms with Gasteiger partial charge in [0.15, 0.2) is 12.4 Å². The number of aromatic carboxylic acids is 1. The first kappa shape index (κ1) is 19.1. The molecular formula is C13H13BrF3NO5. The van der Waals surface area contributed by atoms with Crippen LogP contribution in [-0.4, -0.2) is 43.6 Å². The summed E-state index contributed by atoms with van der Waals surface area (Å²) < 4.78 is 46.6. The van der Waals surface area contributed by atoms with Crippen molar-refractivity contribution in [2.24, 2.45) is 0 Å². The van der Waals surface area contributed by atoms with Gasteiger partial charge >= 0.3 is 18.2 Å². The normalized spacial score (nSPS) is 11.0. The highest BCUT2D eigenvalue weighted by molar-refractivity contribution is 9.10. The van der Waals surface area contributed by atoms with E-state index in [1.54, 1.807) is 0 Å². The van der Waals surface area contributed by atoms with E-state index in [0.717, 1.165) is 18.1 Å². The topological polar surface area (TPSA) is 76.1 Å². The van der Waals surface area contributed by atoms with Crippen molar-refractivity contribution >= 4 is 33.7 Å². The van der Waals surface area contributed by atoms with Gasteiger partial charge in [-0.1, -0.05) is 0 Å². The Morgan fingerprint density at radius 1 is 1.35 bits per heavy atom. The summed E-state index contributed by atoms with van der Waals surface area (Å²) in [6, 6.07) is 2.37. The summed E-state index contributed by atoms with van der Waals surface area (Å²) in [6.45, 7) is -0.164. The number of benzene rings is 1. The highest BCUT2D eigenvalue weighted by Gasteiger charge is 2.32. The van der Waals surface area contributed by atoms with Crippen molar-refractivity contribution in [3.05, 3.63) is 22.2 Å². The number of hydrogen-bond acceptors (Lipinski definition) is 4. The molecule has 0 spiro atoms. The molecule has 6 nitrogen and oxygen atoms in total. The summed E-state index contributed by atoms with van der Waals surface area (Å²) in [5, 5.41) is 9.24. The molecule has 0 aliphatic carbocycles. The van der Waals surface area contributed by atoms with Crippen molar-refractivity contribution in [2.75, 3.05) is 25.2 Å². The van der Waals surface area contributed by atoms with Gasteiger partial charge in [-0.05, 0) is 35.0 Å². The number of methoxy groups -OCH3 is 1. The van der Waals surface area contributed by atoms with Gasteiger partial charge in [0.1, 0.15) is 5.69 Å². The van der Waals surface area contributed by atoms with Gasteiger partial charge in [-0.2, -0.15) is 13.2 Å². The van der Waals surface area contributed by atoms with Gasteiger partial charge in [0.05, 0.1) is 17.1 Å². The Hall–Kier alpha value is -1.97. The van der Waals surface area contributed by atoms with E-state index < -0.39 is 36.2 Å². The Balaban J connectivity index is 3.50. The van der Waals surface area contributed by atoms with E-state index in [-0.39, 0.29) is 16.7 Å². The van der Waals surface area contributed by atoms with Gasteiger partial charge in [-0.3, -0.25) is 4.90 Å². The Morgan fingerprint density at radius 2 is 1.96 bits per heavy atom. The molecule has 1 amide bonds.